The monoisotopic (exact) mass is 140 g/mol. The van der Waals surface area contributed by atoms with Crippen LogP contribution in [0.3, 0.4) is 0 Å². The summed E-state index contributed by atoms with van der Waals surface area (Å²) in [5.74, 6) is 3.67. The van der Waals surface area contributed by atoms with Crippen molar-refractivity contribution in [2.75, 3.05) is 0 Å². The highest BCUT2D eigenvalue weighted by molar-refractivity contribution is 5.80. The van der Waals surface area contributed by atoms with Gasteiger partial charge in [-0.25, -0.2) is 4.79 Å². The number of carboxylic acid groups (broad SMARTS) is 1. The van der Waals surface area contributed by atoms with Gasteiger partial charge in [-0.3, -0.25) is 0 Å². The van der Waals surface area contributed by atoms with E-state index in [0.29, 0.717) is 0 Å². The molecule has 0 aromatic heterocycles. The average Bonchev–Trinajstić information content (AvgIpc) is 1.79. The standard InChI is InChI=1S/C7H8O3/c1-6(8)4-2-3-5-7(9)10/h3,5-6,8H,1H3,(H,9,10)/b5-3-. The SMILES string of the molecule is CC(O)C#C/C=C\C(=O)O. The Hall–Kier alpha value is -1.27. The number of hydrogen-bond donors (Lipinski definition) is 2. The number of rotatable bonds is 1. The Labute approximate surface area is 59.0 Å². The molecule has 0 fully saturated rings. The molecule has 10 heavy (non-hydrogen) atoms. The van der Waals surface area contributed by atoms with Gasteiger partial charge in [0, 0.05) is 6.08 Å². The maximum Gasteiger partial charge on any atom is 0.328 e. The predicted molar refractivity (Wildman–Crippen MR) is 36.2 cm³/mol. The second-order valence-electron chi connectivity index (χ2n) is 1.64. The molecule has 0 heterocycles. The molecule has 0 bridgehead atoms. The molecule has 0 aliphatic carbocycles. The first-order chi connectivity index (χ1) is 4.63. The Morgan fingerprint density at radius 1 is 1.70 bits per heavy atom. The zero-order valence-electron chi connectivity index (χ0n) is 5.53. The van der Waals surface area contributed by atoms with Crippen LogP contribution in [0.5, 0.6) is 0 Å². The van der Waals surface area contributed by atoms with E-state index in [1.54, 1.807) is 0 Å². The van der Waals surface area contributed by atoms with Crippen molar-refractivity contribution < 1.29 is 15.0 Å². The van der Waals surface area contributed by atoms with Crippen molar-refractivity contribution in [3.63, 3.8) is 0 Å². The van der Waals surface area contributed by atoms with Gasteiger partial charge in [0.1, 0.15) is 6.10 Å². The molecule has 0 aromatic rings. The minimum absolute atomic E-state index is 0.710. The van der Waals surface area contributed by atoms with Gasteiger partial charge in [0.25, 0.3) is 0 Å². The summed E-state index contributed by atoms with van der Waals surface area (Å²) >= 11 is 0. The van der Waals surface area contributed by atoms with Crippen molar-refractivity contribution in [3.05, 3.63) is 12.2 Å². The van der Waals surface area contributed by atoms with Crippen LogP contribution in [0.4, 0.5) is 0 Å². The van der Waals surface area contributed by atoms with Gasteiger partial charge in [-0.05, 0) is 13.0 Å². The molecule has 0 amide bonds. The third kappa shape index (κ3) is 6.73. The van der Waals surface area contributed by atoms with Crippen LogP contribution in [0.2, 0.25) is 0 Å². The van der Waals surface area contributed by atoms with Gasteiger partial charge >= 0.3 is 5.97 Å². The van der Waals surface area contributed by atoms with Crippen LogP contribution in [0.1, 0.15) is 6.92 Å². The summed E-state index contributed by atoms with van der Waals surface area (Å²) in [7, 11) is 0. The molecule has 1 unspecified atom stereocenters. The van der Waals surface area contributed by atoms with E-state index in [4.69, 9.17) is 10.2 Å². The number of aliphatic carboxylic acids is 1. The third-order valence-electron chi connectivity index (χ3n) is 0.601. The zero-order valence-corrected chi connectivity index (χ0v) is 5.53. The van der Waals surface area contributed by atoms with Gasteiger partial charge in [0.2, 0.25) is 0 Å². The maximum absolute atomic E-state index is 9.83. The number of hydrogen-bond acceptors (Lipinski definition) is 2. The first-order valence-corrected chi connectivity index (χ1v) is 2.71. The van der Waals surface area contributed by atoms with Gasteiger partial charge in [0.15, 0.2) is 0 Å². The van der Waals surface area contributed by atoms with E-state index < -0.39 is 12.1 Å². The highest BCUT2D eigenvalue weighted by atomic mass is 16.4. The van der Waals surface area contributed by atoms with Gasteiger partial charge in [-0.15, -0.1) is 0 Å². The molecular formula is C7H8O3. The predicted octanol–water partition coefficient (Wildman–Crippen LogP) is 0.0114. The van der Waals surface area contributed by atoms with Crippen molar-refractivity contribution >= 4 is 5.97 Å². The molecule has 0 spiro atoms. The first kappa shape index (κ1) is 8.73. The number of carbonyl (C=O) groups is 1. The van der Waals surface area contributed by atoms with Crippen molar-refractivity contribution in [1.82, 2.24) is 0 Å². The van der Waals surface area contributed by atoms with Crippen molar-refractivity contribution in [3.8, 4) is 11.8 Å². The molecule has 0 aromatic carbocycles. The summed E-state index contributed by atoms with van der Waals surface area (Å²) in [5.41, 5.74) is 0. The molecule has 0 radical (unpaired) electrons. The van der Waals surface area contributed by atoms with Crippen LogP contribution in [-0.4, -0.2) is 22.3 Å². The lowest BCUT2D eigenvalue weighted by atomic mass is 10.4. The molecule has 0 aliphatic rings. The van der Waals surface area contributed by atoms with E-state index in [-0.39, 0.29) is 0 Å². The average molecular weight is 140 g/mol. The normalized spacial score (nSPS) is 12.2. The van der Waals surface area contributed by atoms with E-state index in [0.717, 1.165) is 6.08 Å². The first-order valence-electron chi connectivity index (χ1n) is 2.71. The van der Waals surface area contributed by atoms with Gasteiger partial charge in [0.05, 0.1) is 0 Å². The molecule has 54 valence electrons. The lowest BCUT2D eigenvalue weighted by Gasteiger charge is -1.83. The Balaban J connectivity index is 3.76. The fraction of sp³-hybridized carbons (Fsp3) is 0.286. The second kappa shape index (κ2) is 4.59. The molecular weight excluding hydrogens is 132 g/mol. The molecule has 0 aliphatic heterocycles. The summed E-state index contributed by atoms with van der Waals surface area (Å²) in [5, 5.41) is 16.6. The van der Waals surface area contributed by atoms with E-state index in [9.17, 15) is 4.79 Å². The Morgan fingerprint density at radius 3 is 2.70 bits per heavy atom. The number of allylic oxidation sites excluding steroid dienone is 1. The van der Waals surface area contributed by atoms with Crippen LogP contribution in [0.25, 0.3) is 0 Å². The summed E-state index contributed by atoms with van der Waals surface area (Å²) in [6.07, 6.45) is 1.38. The van der Waals surface area contributed by atoms with Crippen molar-refractivity contribution in [1.29, 1.82) is 0 Å². The zero-order chi connectivity index (χ0) is 7.98. The summed E-state index contributed by atoms with van der Waals surface area (Å²) < 4.78 is 0. The fourth-order valence-corrected chi connectivity index (χ4v) is 0.282. The third-order valence-corrected chi connectivity index (χ3v) is 0.601. The second-order valence-corrected chi connectivity index (χ2v) is 1.64. The summed E-state index contributed by atoms with van der Waals surface area (Å²) in [6.45, 7) is 1.50. The summed E-state index contributed by atoms with van der Waals surface area (Å²) in [4.78, 5) is 9.83. The van der Waals surface area contributed by atoms with E-state index >= 15 is 0 Å². The molecule has 3 nitrogen and oxygen atoms in total. The van der Waals surface area contributed by atoms with Gasteiger partial charge in [-0.2, -0.15) is 0 Å². The quantitative estimate of drug-likeness (QED) is 0.398. The minimum atomic E-state index is -1.04. The number of aliphatic hydroxyl groups excluding tert-OH is 1. The van der Waals surface area contributed by atoms with Gasteiger partial charge in [-0.1, -0.05) is 11.8 Å². The lowest BCUT2D eigenvalue weighted by Crippen LogP contribution is -1.91. The highest BCUT2D eigenvalue weighted by Gasteiger charge is 1.82. The highest BCUT2D eigenvalue weighted by Crippen LogP contribution is 1.74. The van der Waals surface area contributed by atoms with Crippen LogP contribution >= 0.6 is 0 Å². The molecule has 0 saturated carbocycles. The molecule has 1 atom stereocenters. The lowest BCUT2D eigenvalue weighted by molar-refractivity contribution is -0.131. The topological polar surface area (TPSA) is 57.5 Å². The molecule has 2 N–H and O–H groups in total. The van der Waals surface area contributed by atoms with Crippen molar-refractivity contribution in [2.24, 2.45) is 0 Å². The van der Waals surface area contributed by atoms with E-state index in [1.165, 1.54) is 13.0 Å². The molecule has 0 rings (SSSR count). The van der Waals surface area contributed by atoms with Gasteiger partial charge < -0.3 is 10.2 Å². The Bertz CT molecular complexity index is 193. The van der Waals surface area contributed by atoms with E-state index in [2.05, 4.69) is 11.8 Å². The van der Waals surface area contributed by atoms with Crippen LogP contribution in [0, 0.1) is 11.8 Å². The maximum atomic E-state index is 9.83. The molecule has 0 saturated heterocycles. The minimum Gasteiger partial charge on any atom is -0.478 e. The number of aliphatic hydroxyl groups is 1. The number of carboxylic acids is 1. The van der Waals surface area contributed by atoms with Crippen LogP contribution < -0.4 is 0 Å². The summed E-state index contributed by atoms with van der Waals surface area (Å²) in [6, 6.07) is 0. The fourth-order valence-electron chi connectivity index (χ4n) is 0.282. The van der Waals surface area contributed by atoms with E-state index in [1.807, 2.05) is 0 Å². The smallest absolute Gasteiger partial charge is 0.328 e. The Morgan fingerprint density at radius 2 is 2.30 bits per heavy atom. The van der Waals surface area contributed by atoms with Crippen LogP contribution in [0.15, 0.2) is 12.2 Å². The Kier molecular flexibility index (Phi) is 4.01. The van der Waals surface area contributed by atoms with Crippen LogP contribution in [-0.2, 0) is 4.79 Å². The molecule has 3 heteroatoms. The van der Waals surface area contributed by atoms with Crippen molar-refractivity contribution in [2.45, 2.75) is 13.0 Å². The largest absolute Gasteiger partial charge is 0.478 e.